The first kappa shape index (κ1) is 27.6. The van der Waals surface area contributed by atoms with Gasteiger partial charge in [0, 0.05) is 0 Å². The van der Waals surface area contributed by atoms with Gasteiger partial charge < -0.3 is 42.0 Å². The van der Waals surface area contributed by atoms with Crippen LogP contribution in [0.5, 0.6) is 0 Å². The third-order valence-corrected chi connectivity index (χ3v) is 3.56. The molecule has 0 bridgehead atoms. The van der Waals surface area contributed by atoms with E-state index in [1.165, 1.54) is 13.8 Å². The van der Waals surface area contributed by atoms with Crippen LogP contribution in [0.15, 0.2) is 30.3 Å². The van der Waals surface area contributed by atoms with Crippen molar-refractivity contribution in [3.8, 4) is 0 Å². The van der Waals surface area contributed by atoms with E-state index >= 15 is 0 Å². The fourth-order valence-corrected chi connectivity index (χ4v) is 1.77. The highest BCUT2D eigenvalue weighted by Gasteiger charge is 2.23. The van der Waals surface area contributed by atoms with Crippen molar-refractivity contribution in [1.29, 1.82) is 0 Å². The summed E-state index contributed by atoms with van der Waals surface area (Å²) in [6.07, 6.45) is -1.39. The van der Waals surface area contributed by atoms with E-state index in [2.05, 4.69) is 9.47 Å². The number of carbonyl (C=O) groups excluding carboxylic acids is 3. The summed E-state index contributed by atoms with van der Waals surface area (Å²) < 4.78 is 9.00. The van der Waals surface area contributed by atoms with Crippen LogP contribution in [0.1, 0.15) is 19.4 Å². The minimum atomic E-state index is -1.22. The van der Waals surface area contributed by atoms with Gasteiger partial charge in [0.05, 0.1) is 18.8 Å². The van der Waals surface area contributed by atoms with Crippen LogP contribution in [0.4, 0.5) is 0 Å². The van der Waals surface area contributed by atoms with Crippen molar-refractivity contribution >= 4 is 17.9 Å². The first-order valence-corrected chi connectivity index (χ1v) is 9.19. The minimum absolute atomic E-state index is 0.0980. The molecule has 0 saturated carbocycles. The molecule has 1 aromatic rings. The maximum Gasteiger partial charge on any atom is 0.332 e. The molecule has 11 nitrogen and oxygen atoms in total. The van der Waals surface area contributed by atoms with Crippen LogP contribution in [-0.2, 0) is 30.3 Å². The van der Waals surface area contributed by atoms with Gasteiger partial charge in [-0.15, -0.1) is 0 Å². The summed E-state index contributed by atoms with van der Waals surface area (Å²) in [5.74, 6) is -2.54. The molecule has 5 atom stereocenters. The van der Waals surface area contributed by atoms with Crippen LogP contribution in [0, 0.1) is 0 Å². The smallest absolute Gasteiger partial charge is 0.332 e. The molecular weight excluding hydrogens is 398 g/mol. The first-order valence-electron chi connectivity index (χ1n) is 9.19. The molecule has 0 aromatic heterocycles. The molecule has 11 heteroatoms. The van der Waals surface area contributed by atoms with Crippen molar-refractivity contribution in [2.75, 3.05) is 13.2 Å². The number of ether oxygens (including phenoxy) is 2. The van der Waals surface area contributed by atoms with E-state index in [1.54, 1.807) is 0 Å². The highest BCUT2D eigenvalue weighted by molar-refractivity contribution is 5.90. The topological polar surface area (TPSA) is 208 Å². The second kappa shape index (κ2) is 14.6. The van der Waals surface area contributed by atoms with Gasteiger partial charge in [-0.05, 0) is 25.8 Å². The number of aliphatic hydroxyl groups is 3. The van der Waals surface area contributed by atoms with Gasteiger partial charge >= 0.3 is 17.9 Å². The van der Waals surface area contributed by atoms with E-state index in [0.717, 1.165) is 5.56 Å². The van der Waals surface area contributed by atoms with Crippen molar-refractivity contribution < 1.29 is 39.2 Å². The van der Waals surface area contributed by atoms with Gasteiger partial charge in [0.25, 0.3) is 0 Å². The van der Waals surface area contributed by atoms with E-state index < -0.39 is 54.8 Å². The van der Waals surface area contributed by atoms with Gasteiger partial charge in [0.2, 0.25) is 0 Å². The van der Waals surface area contributed by atoms with Crippen molar-refractivity contribution in [3.63, 3.8) is 0 Å². The lowest BCUT2D eigenvalue weighted by molar-refractivity contribution is -0.162. The van der Waals surface area contributed by atoms with Crippen LogP contribution >= 0.6 is 0 Å². The van der Waals surface area contributed by atoms with Crippen molar-refractivity contribution in [3.05, 3.63) is 35.9 Å². The zero-order valence-electron chi connectivity index (χ0n) is 17.0. The highest BCUT2D eigenvalue weighted by Crippen LogP contribution is 2.03. The minimum Gasteiger partial charge on any atom is -0.462 e. The standard InChI is InChI=1S/C12H16N2O4.C7H15NO4/c13-9(6-8-4-2-1-3-5-8)11(16)18-12(17)10(14)7-15;1-4(9)3-12-7(11)6(8)5(2)10/h1-5,9-10,15H,6-7,13-14H2;4-6,9-10H,3,8H2,1-2H3/t9-,10-;4?,5-,6+/m01/s1. The second-order valence-electron chi connectivity index (χ2n) is 6.57. The Kier molecular flexibility index (Phi) is 13.4. The Morgan fingerprint density at radius 3 is 1.93 bits per heavy atom. The predicted octanol–water partition coefficient (Wildman–Crippen LogP) is -2.44. The Bertz CT molecular complexity index is 654. The number of benzene rings is 1. The van der Waals surface area contributed by atoms with Gasteiger partial charge in [-0.25, -0.2) is 9.59 Å². The average Bonchev–Trinajstić information content (AvgIpc) is 2.71. The number of aliphatic hydroxyl groups excluding tert-OH is 3. The number of rotatable bonds is 9. The van der Waals surface area contributed by atoms with Crippen LogP contribution in [0.3, 0.4) is 0 Å². The largest absolute Gasteiger partial charge is 0.462 e. The molecule has 0 spiro atoms. The summed E-state index contributed by atoms with van der Waals surface area (Å²) >= 11 is 0. The first-order chi connectivity index (χ1) is 14.0. The molecule has 1 unspecified atom stereocenters. The summed E-state index contributed by atoms with van der Waals surface area (Å²) in [5.41, 5.74) is 16.9. The van der Waals surface area contributed by atoms with E-state index in [9.17, 15) is 14.4 Å². The quantitative estimate of drug-likeness (QED) is 0.179. The molecule has 0 amide bonds. The predicted molar refractivity (Wildman–Crippen MR) is 107 cm³/mol. The number of carbonyl (C=O) groups is 3. The fraction of sp³-hybridized carbons (Fsp3) is 0.526. The maximum absolute atomic E-state index is 11.5. The molecule has 0 aliphatic heterocycles. The van der Waals surface area contributed by atoms with Crippen LogP contribution in [0.25, 0.3) is 0 Å². The van der Waals surface area contributed by atoms with Gasteiger partial charge in [0.15, 0.2) is 0 Å². The van der Waals surface area contributed by atoms with Gasteiger partial charge in [-0.2, -0.15) is 0 Å². The Labute approximate surface area is 174 Å². The van der Waals surface area contributed by atoms with E-state index in [4.69, 9.17) is 32.5 Å². The molecule has 0 saturated heterocycles. The fourth-order valence-electron chi connectivity index (χ4n) is 1.77. The molecular formula is C19H31N3O8. The summed E-state index contributed by atoms with van der Waals surface area (Å²) in [4.78, 5) is 33.5. The molecule has 1 rings (SSSR count). The monoisotopic (exact) mass is 429 g/mol. The Morgan fingerprint density at radius 1 is 0.933 bits per heavy atom. The molecule has 170 valence electrons. The lowest BCUT2D eigenvalue weighted by Gasteiger charge is -2.14. The normalized spacial score (nSPS) is 15.5. The SMILES string of the molecule is CC(O)COC(=O)[C@@H](N)[C@@H](C)O.N[C@@H](CO)C(=O)OC(=O)[C@@H](N)Cc1ccccc1. The zero-order valence-corrected chi connectivity index (χ0v) is 17.0. The lowest BCUT2D eigenvalue weighted by Crippen LogP contribution is -2.42. The van der Waals surface area contributed by atoms with E-state index in [1.807, 2.05) is 30.3 Å². The molecule has 0 heterocycles. The second-order valence-corrected chi connectivity index (χ2v) is 6.57. The maximum atomic E-state index is 11.5. The summed E-state index contributed by atoms with van der Waals surface area (Å²) in [6.45, 7) is 2.20. The van der Waals surface area contributed by atoms with Crippen LogP contribution in [0.2, 0.25) is 0 Å². The number of hydrogen-bond acceptors (Lipinski definition) is 11. The Morgan fingerprint density at radius 2 is 1.47 bits per heavy atom. The summed E-state index contributed by atoms with van der Waals surface area (Å²) in [7, 11) is 0. The zero-order chi connectivity index (χ0) is 23.3. The Hall–Kier alpha value is -2.41. The molecule has 1 aromatic carbocycles. The van der Waals surface area contributed by atoms with Crippen molar-refractivity contribution in [2.45, 2.75) is 50.6 Å². The molecule has 30 heavy (non-hydrogen) atoms. The lowest BCUT2D eigenvalue weighted by atomic mass is 10.1. The number of nitrogens with two attached hydrogens (primary N) is 3. The molecule has 0 radical (unpaired) electrons. The summed E-state index contributed by atoms with van der Waals surface area (Å²) in [6, 6.07) is 5.91. The van der Waals surface area contributed by atoms with E-state index in [-0.39, 0.29) is 13.0 Å². The Balaban J connectivity index is 0.000000612. The molecule has 9 N–H and O–H groups in total. The van der Waals surface area contributed by atoms with Crippen molar-refractivity contribution in [1.82, 2.24) is 0 Å². The highest BCUT2D eigenvalue weighted by atomic mass is 16.6. The number of esters is 3. The number of hydrogen-bond donors (Lipinski definition) is 6. The van der Waals surface area contributed by atoms with E-state index in [0.29, 0.717) is 0 Å². The van der Waals surface area contributed by atoms with Gasteiger partial charge in [0.1, 0.15) is 24.7 Å². The van der Waals surface area contributed by atoms with Crippen molar-refractivity contribution in [2.24, 2.45) is 17.2 Å². The van der Waals surface area contributed by atoms with Crippen LogP contribution in [-0.4, -0.2) is 76.8 Å². The van der Waals surface area contributed by atoms with Gasteiger partial charge in [-0.3, -0.25) is 4.79 Å². The van der Waals surface area contributed by atoms with Crippen LogP contribution < -0.4 is 17.2 Å². The summed E-state index contributed by atoms with van der Waals surface area (Å²) in [5, 5.41) is 26.2. The molecule has 0 aliphatic rings. The third kappa shape index (κ3) is 11.6. The third-order valence-electron chi connectivity index (χ3n) is 3.56. The average molecular weight is 429 g/mol. The molecule has 0 aliphatic carbocycles. The molecule has 0 fully saturated rings. The van der Waals surface area contributed by atoms with Gasteiger partial charge in [-0.1, -0.05) is 30.3 Å².